The van der Waals surface area contributed by atoms with Crippen LogP contribution in [0.15, 0.2) is 79.3 Å². The number of rotatable bonds is 2. The molecule has 138 valence electrons. The molecule has 1 aliphatic carbocycles. The van der Waals surface area contributed by atoms with E-state index in [2.05, 4.69) is 98.0 Å². The van der Waals surface area contributed by atoms with Crippen LogP contribution >= 0.6 is 43.6 Å². The first-order valence-electron chi connectivity index (χ1n) is 8.98. The summed E-state index contributed by atoms with van der Waals surface area (Å²) < 4.78 is 2.21. The van der Waals surface area contributed by atoms with E-state index in [0.29, 0.717) is 0 Å². The molecule has 4 rings (SSSR count). The molecule has 0 fully saturated rings. The van der Waals surface area contributed by atoms with Crippen molar-refractivity contribution in [3.8, 4) is 0 Å². The number of benzene rings is 2. The van der Waals surface area contributed by atoms with Crippen LogP contribution in [-0.2, 0) is 0 Å². The second-order valence-corrected chi connectivity index (χ2v) is 9.32. The van der Waals surface area contributed by atoms with Gasteiger partial charge in [0.1, 0.15) is 6.04 Å². The van der Waals surface area contributed by atoms with Crippen LogP contribution in [-0.4, -0.2) is 11.4 Å². The fraction of sp³-hybridized carbons (Fsp3) is 0.227. The van der Waals surface area contributed by atoms with E-state index in [-0.39, 0.29) is 6.04 Å². The van der Waals surface area contributed by atoms with Gasteiger partial charge in [-0.3, -0.25) is 0 Å². The molecule has 0 saturated heterocycles. The fourth-order valence-corrected chi connectivity index (χ4v) is 4.57. The van der Waals surface area contributed by atoms with E-state index in [9.17, 15) is 0 Å². The molecule has 0 bridgehead atoms. The molecule has 2 aromatic carbocycles. The first kappa shape index (κ1) is 19.0. The number of aliphatic imine (C=N–C) groups is 1. The molecule has 2 aliphatic rings. The summed E-state index contributed by atoms with van der Waals surface area (Å²) in [6.45, 7) is 0. The standard InChI is InChI=1S/C22H20Br2N2S/c1-27-22-25-20(15-7-11-18(24)12-8-15)19-4-2-3-16(21(19)26-22)13-14-5-9-17(23)10-6-14/h5-13,20H,2-4H2,1H3,(H,25,26)/b16-13-. The molecular formula is C22H20Br2N2S. The normalized spacial score (nSPS) is 20.9. The van der Waals surface area contributed by atoms with Gasteiger partial charge >= 0.3 is 0 Å². The van der Waals surface area contributed by atoms with Crippen LogP contribution in [0, 0.1) is 0 Å². The Kier molecular flexibility index (Phi) is 5.90. The van der Waals surface area contributed by atoms with Crippen LogP contribution in [0.25, 0.3) is 6.08 Å². The zero-order valence-electron chi connectivity index (χ0n) is 15.0. The van der Waals surface area contributed by atoms with Gasteiger partial charge in [0, 0.05) is 14.6 Å². The molecule has 1 heterocycles. The second kappa shape index (κ2) is 8.38. The van der Waals surface area contributed by atoms with Crippen LogP contribution in [0.3, 0.4) is 0 Å². The number of nitrogens with zero attached hydrogens (tertiary/aromatic N) is 1. The Morgan fingerprint density at radius 3 is 2.33 bits per heavy atom. The Morgan fingerprint density at radius 1 is 1.00 bits per heavy atom. The summed E-state index contributed by atoms with van der Waals surface area (Å²) in [5.74, 6) is 0. The average Bonchev–Trinajstić information content (AvgIpc) is 2.70. The highest BCUT2D eigenvalue weighted by atomic mass is 79.9. The second-order valence-electron chi connectivity index (χ2n) is 6.69. The van der Waals surface area contributed by atoms with Crippen LogP contribution in [0.2, 0.25) is 0 Å². The number of thioether (sulfide) groups is 1. The molecular weight excluding hydrogens is 484 g/mol. The van der Waals surface area contributed by atoms with Gasteiger partial charge in [-0.2, -0.15) is 0 Å². The lowest BCUT2D eigenvalue weighted by Gasteiger charge is -2.32. The van der Waals surface area contributed by atoms with Crippen LogP contribution in [0.1, 0.15) is 36.4 Å². The molecule has 27 heavy (non-hydrogen) atoms. The fourth-order valence-electron chi connectivity index (χ4n) is 3.62. The van der Waals surface area contributed by atoms with Crippen molar-refractivity contribution < 1.29 is 0 Å². The predicted octanol–water partition coefficient (Wildman–Crippen LogP) is 7.10. The summed E-state index contributed by atoms with van der Waals surface area (Å²) in [6.07, 6.45) is 7.75. The van der Waals surface area contributed by atoms with Gasteiger partial charge in [0.25, 0.3) is 0 Å². The van der Waals surface area contributed by atoms with Crippen molar-refractivity contribution in [2.75, 3.05) is 6.26 Å². The van der Waals surface area contributed by atoms with Crippen molar-refractivity contribution in [3.05, 3.63) is 85.4 Å². The summed E-state index contributed by atoms with van der Waals surface area (Å²) in [6, 6.07) is 17.2. The third-order valence-corrected chi connectivity index (χ3v) is 6.58. The van der Waals surface area contributed by atoms with Crippen molar-refractivity contribution in [1.29, 1.82) is 0 Å². The zero-order valence-corrected chi connectivity index (χ0v) is 19.0. The van der Waals surface area contributed by atoms with Gasteiger partial charge in [-0.05, 0) is 78.1 Å². The first-order valence-corrected chi connectivity index (χ1v) is 11.8. The molecule has 0 saturated carbocycles. The number of halogens is 2. The molecule has 1 N–H and O–H groups in total. The minimum atomic E-state index is 0.102. The maximum absolute atomic E-state index is 5.00. The van der Waals surface area contributed by atoms with E-state index in [1.165, 1.54) is 34.4 Å². The van der Waals surface area contributed by atoms with Crippen molar-refractivity contribution >= 4 is 54.9 Å². The number of nitrogens with one attached hydrogen (secondary N) is 1. The molecule has 5 heteroatoms. The van der Waals surface area contributed by atoms with Gasteiger partial charge in [0.15, 0.2) is 5.17 Å². The summed E-state index contributed by atoms with van der Waals surface area (Å²) in [5, 5.41) is 4.59. The molecule has 0 spiro atoms. The lowest BCUT2D eigenvalue weighted by molar-refractivity contribution is 0.659. The van der Waals surface area contributed by atoms with Gasteiger partial charge in [0.2, 0.25) is 0 Å². The van der Waals surface area contributed by atoms with E-state index in [1.807, 2.05) is 0 Å². The van der Waals surface area contributed by atoms with Gasteiger partial charge in [-0.1, -0.05) is 67.9 Å². The van der Waals surface area contributed by atoms with E-state index >= 15 is 0 Å². The monoisotopic (exact) mass is 502 g/mol. The predicted molar refractivity (Wildman–Crippen MR) is 124 cm³/mol. The molecule has 2 aromatic rings. The van der Waals surface area contributed by atoms with E-state index in [1.54, 1.807) is 11.8 Å². The van der Waals surface area contributed by atoms with Crippen LogP contribution in [0.4, 0.5) is 0 Å². The minimum Gasteiger partial charge on any atom is -0.335 e. The summed E-state index contributed by atoms with van der Waals surface area (Å²) in [5.41, 5.74) is 6.55. The molecule has 0 aromatic heterocycles. The number of hydrogen-bond donors (Lipinski definition) is 1. The van der Waals surface area contributed by atoms with Crippen molar-refractivity contribution in [3.63, 3.8) is 0 Å². The van der Waals surface area contributed by atoms with E-state index in [4.69, 9.17) is 4.99 Å². The number of allylic oxidation sites excluding steroid dienone is 1. The van der Waals surface area contributed by atoms with Gasteiger partial charge in [-0.25, -0.2) is 4.99 Å². The number of hydrogen-bond acceptors (Lipinski definition) is 3. The summed E-state index contributed by atoms with van der Waals surface area (Å²) >= 11 is 8.73. The molecule has 1 atom stereocenters. The molecule has 0 radical (unpaired) electrons. The summed E-state index contributed by atoms with van der Waals surface area (Å²) in [7, 11) is 0. The van der Waals surface area contributed by atoms with Crippen molar-refractivity contribution in [2.24, 2.45) is 4.99 Å². The Hall–Kier alpha value is -1.30. The summed E-state index contributed by atoms with van der Waals surface area (Å²) in [4.78, 5) is 5.00. The quantitative estimate of drug-likeness (QED) is 0.472. The Labute approximate surface area is 181 Å². The maximum atomic E-state index is 5.00. The SMILES string of the molecule is CSC1=NC(c2ccc(Br)cc2)C2=C(N1)/C(=C\c1ccc(Br)cc1)CCC2. The minimum absolute atomic E-state index is 0.102. The highest BCUT2D eigenvalue weighted by Crippen LogP contribution is 2.41. The lowest BCUT2D eigenvalue weighted by atomic mass is 9.84. The largest absolute Gasteiger partial charge is 0.335 e. The Bertz CT molecular complexity index is 928. The maximum Gasteiger partial charge on any atom is 0.161 e. The third-order valence-electron chi connectivity index (χ3n) is 4.93. The molecule has 2 nitrogen and oxygen atoms in total. The Balaban J connectivity index is 1.76. The lowest BCUT2D eigenvalue weighted by Crippen LogP contribution is -2.30. The zero-order chi connectivity index (χ0) is 18.8. The van der Waals surface area contributed by atoms with Crippen LogP contribution in [0.5, 0.6) is 0 Å². The number of amidine groups is 1. The highest BCUT2D eigenvalue weighted by Gasteiger charge is 2.29. The van der Waals surface area contributed by atoms with Gasteiger partial charge in [-0.15, -0.1) is 0 Å². The van der Waals surface area contributed by atoms with Gasteiger partial charge in [0.05, 0.1) is 0 Å². The van der Waals surface area contributed by atoms with Crippen molar-refractivity contribution in [2.45, 2.75) is 25.3 Å². The highest BCUT2D eigenvalue weighted by molar-refractivity contribution is 9.10. The molecule has 1 unspecified atom stereocenters. The van der Waals surface area contributed by atoms with Crippen molar-refractivity contribution in [1.82, 2.24) is 5.32 Å². The molecule has 0 amide bonds. The molecule has 1 aliphatic heterocycles. The average molecular weight is 504 g/mol. The van der Waals surface area contributed by atoms with Crippen LogP contribution < -0.4 is 5.32 Å². The van der Waals surface area contributed by atoms with E-state index in [0.717, 1.165) is 27.0 Å². The topological polar surface area (TPSA) is 24.4 Å². The third kappa shape index (κ3) is 4.25. The van der Waals surface area contributed by atoms with Gasteiger partial charge < -0.3 is 5.32 Å². The first-order chi connectivity index (χ1) is 13.1. The smallest absolute Gasteiger partial charge is 0.161 e. The Morgan fingerprint density at radius 2 is 1.67 bits per heavy atom. The van der Waals surface area contributed by atoms with E-state index < -0.39 is 0 Å².